The quantitative estimate of drug-likeness (QED) is 0.869. The minimum Gasteiger partial charge on any atom is -0.382 e. The van der Waals surface area contributed by atoms with Gasteiger partial charge in [0.2, 0.25) is 0 Å². The topological polar surface area (TPSA) is 48.1 Å². The second-order valence-corrected chi connectivity index (χ2v) is 4.99. The summed E-state index contributed by atoms with van der Waals surface area (Å²) >= 11 is 0. The van der Waals surface area contributed by atoms with E-state index in [9.17, 15) is 0 Å². The van der Waals surface area contributed by atoms with Crippen molar-refractivity contribution in [2.45, 2.75) is 50.7 Å². The highest BCUT2D eigenvalue weighted by molar-refractivity contribution is 5.27. The van der Waals surface area contributed by atoms with Crippen LogP contribution in [0.15, 0.2) is 18.3 Å². The molecule has 3 atom stereocenters. The van der Waals surface area contributed by atoms with E-state index < -0.39 is 0 Å². The maximum atomic E-state index is 6.32. The zero-order valence-corrected chi connectivity index (χ0v) is 10.7. The molecule has 0 amide bonds. The number of hydrogen-bond donors (Lipinski definition) is 1. The summed E-state index contributed by atoms with van der Waals surface area (Å²) in [6.45, 7) is 2.07. The molecule has 1 aliphatic rings. The van der Waals surface area contributed by atoms with Crippen molar-refractivity contribution < 1.29 is 4.74 Å². The number of pyridine rings is 1. The predicted octanol–water partition coefficient (Wildman–Crippen LogP) is 2.25. The average Bonchev–Trinajstić information content (AvgIpc) is 2.37. The molecule has 1 heterocycles. The van der Waals surface area contributed by atoms with E-state index in [2.05, 4.69) is 18.0 Å². The van der Waals surface area contributed by atoms with Crippen LogP contribution in [0.5, 0.6) is 0 Å². The Morgan fingerprint density at radius 1 is 1.59 bits per heavy atom. The van der Waals surface area contributed by atoms with E-state index in [0.29, 0.717) is 5.92 Å². The summed E-state index contributed by atoms with van der Waals surface area (Å²) in [5, 5.41) is 0. The van der Waals surface area contributed by atoms with Crippen LogP contribution in [-0.2, 0) is 11.2 Å². The fourth-order valence-corrected chi connectivity index (χ4v) is 2.71. The summed E-state index contributed by atoms with van der Waals surface area (Å²) in [6, 6.07) is 4.35. The van der Waals surface area contributed by atoms with Crippen molar-refractivity contribution in [3.63, 3.8) is 0 Å². The first kappa shape index (κ1) is 12.5. The monoisotopic (exact) mass is 234 g/mol. The van der Waals surface area contributed by atoms with Gasteiger partial charge in [-0.1, -0.05) is 6.07 Å². The van der Waals surface area contributed by atoms with Crippen molar-refractivity contribution in [3.8, 4) is 0 Å². The first-order valence-corrected chi connectivity index (χ1v) is 6.44. The molecule has 2 rings (SSSR count). The van der Waals surface area contributed by atoms with E-state index in [-0.39, 0.29) is 12.1 Å². The number of rotatable bonds is 4. The highest BCUT2D eigenvalue weighted by Gasteiger charge is 2.27. The Morgan fingerprint density at radius 3 is 3.18 bits per heavy atom. The Hall–Kier alpha value is -0.930. The van der Waals surface area contributed by atoms with Gasteiger partial charge in [-0.2, -0.15) is 0 Å². The lowest BCUT2D eigenvalue weighted by Crippen LogP contribution is -2.34. The van der Waals surface area contributed by atoms with Gasteiger partial charge in [0.15, 0.2) is 0 Å². The van der Waals surface area contributed by atoms with Gasteiger partial charge in [-0.3, -0.25) is 4.98 Å². The third kappa shape index (κ3) is 2.85. The zero-order chi connectivity index (χ0) is 12.3. The Morgan fingerprint density at radius 2 is 2.41 bits per heavy atom. The Balaban J connectivity index is 2.12. The molecule has 0 fully saturated rings. The molecule has 1 aliphatic carbocycles. The van der Waals surface area contributed by atoms with E-state index in [1.807, 2.05) is 12.3 Å². The van der Waals surface area contributed by atoms with Gasteiger partial charge in [0, 0.05) is 31.0 Å². The Labute approximate surface area is 103 Å². The molecule has 0 saturated heterocycles. The zero-order valence-electron chi connectivity index (χ0n) is 10.7. The molecule has 3 unspecified atom stereocenters. The summed E-state index contributed by atoms with van der Waals surface area (Å²) in [5.74, 6) is 0.401. The predicted molar refractivity (Wildman–Crippen MR) is 69.0 cm³/mol. The van der Waals surface area contributed by atoms with Crippen LogP contribution in [0, 0.1) is 0 Å². The van der Waals surface area contributed by atoms with Gasteiger partial charge >= 0.3 is 0 Å². The van der Waals surface area contributed by atoms with Gasteiger partial charge in [0.05, 0.1) is 6.10 Å². The lowest BCUT2D eigenvalue weighted by atomic mass is 9.81. The number of methoxy groups -OCH3 is 1. The van der Waals surface area contributed by atoms with Gasteiger partial charge in [0.25, 0.3) is 0 Å². The van der Waals surface area contributed by atoms with Gasteiger partial charge in [-0.25, -0.2) is 0 Å². The molecule has 0 aliphatic heterocycles. The third-order valence-corrected chi connectivity index (χ3v) is 3.76. The molecule has 0 radical (unpaired) electrons. The van der Waals surface area contributed by atoms with E-state index in [1.54, 1.807) is 7.11 Å². The molecule has 3 heteroatoms. The fraction of sp³-hybridized carbons (Fsp3) is 0.643. The standard InChI is InChI=1S/C14H22N2O/c1-10(17-2)9-13(15)12-7-3-5-11-6-4-8-16-14(11)12/h4,6,8,10,12-13H,3,5,7,9,15H2,1-2H3. The average molecular weight is 234 g/mol. The molecular weight excluding hydrogens is 212 g/mol. The number of aromatic nitrogens is 1. The van der Waals surface area contributed by atoms with Crippen molar-refractivity contribution >= 4 is 0 Å². The second kappa shape index (κ2) is 5.61. The van der Waals surface area contributed by atoms with Gasteiger partial charge in [0.1, 0.15) is 0 Å². The molecule has 17 heavy (non-hydrogen) atoms. The first-order chi connectivity index (χ1) is 8.22. The summed E-state index contributed by atoms with van der Waals surface area (Å²) in [7, 11) is 1.74. The van der Waals surface area contributed by atoms with Crippen molar-refractivity contribution in [1.29, 1.82) is 0 Å². The molecule has 2 N–H and O–H groups in total. The molecule has 0 aromatic carbocycles. The lowest BCUT2D eigenvalue weighted by Gasteiger charge is -2.30. The summed E-state index contributed by atoms with van der Waals surface area (Å²) < 4.78 is 5.30. The third-order valence-electron chi connectivity index (χ3n) is 3.76. The molecule has 0 spiro atoms. The van der Waals surface area contributed by atoms with Crippen LogP contribution in [0.4, 0.5) is 0 Å². The molecular formula is C14H22N2O. The first-order valence-electron chi connectivity index (χ1n) is 6.44. The minimum atomic E-state index is 0.152. The smallest absolute Gasteiger partial charge is 0.0558 e. The van der Waals surface area contributed by atoms with Gasteiger partial charge < -0.3 is 10.5 Å². The largest absolute Gasteiger partial charge is 0.382 e. The molecule has 0 bridgehead atoms. The molecule has 94 valence electrons. The second-order valence-electron chi connectivity index (χ2n) is 4.99. The summed E-state index contributed by atoms with van der Waals surface area (Å²) in [6.07, 6.45) is 6.52. The number of fused-ring (bicyclic) bond motifs is 1. The normalized spacial score (nSPS) is 22.9. The van der Waals surface area contributed by atoms with Crippen molar-refractivity contribution in [3.05, 3.63) is 29.6 Å². The number of ether oxygens (including phenoxy) is 1. The summed E-state index contributed by atoms with van der Waals surface area (Å²) in [4.78, 5) is 4.53. The van der Waals surface area contributed by atoms with E-state index in [0.717, 1.165) is 19.3 Å². The maximum Gasteiger partial charge on any atom is 0.0558 e. The van der Waals surface area contributed by atoms with Crippen LogP contribution in [0.2, 0.25) is 0 Å². The molecule has 0 saturated carbocycles. The molecule has 1 aromatic rings. The molecule has 1 aromatic heterocycles. The van der Waals surface area contributed by atoms with E-state index >= 15 is 0 Å². The van der Waals surface area contributed by atoms with Crippen LogP contribution in [0.1, 0.15) is 43.4 Å². The number of aryl methyl sites for hydroxylation is 1. The number of nitrogens with two attached hydrogens (primary N) is 1. The fourth-order valence-electron chi connectivity index (χ4n) is 2.71. The maximum absolute atomic E-state index is 6.32. The van der Waals surface area contributed by atoms with Crippen LogP contribution in [0.25, 0.3) is 0 Å². The minimum absolute atomic E-state index is 0.152. The lowest BCUT2D eigenvalue weighted by molar-refractivity contribution is 0.101. The number of nitrogens with zero attached hydrogens (tertiary/aromatic N) is 1. The highest BCUT2D eigenvalue weighted by atomic mass is 16.5. The highest BCUT2D eigenvalue weighted by Crippen LogP contribution is 2.33. The van der Waals surface area contributed by atoms with Crippen LogP contribution in [0.3, 0.4) is 0 Å². The SMILES string of the molecule is COC(C)CC(N)C1CCCc2cccnc21. The van der Waals surface area contributed by atoms with E-state index in [1.165, 1.54) is 17.7 Å². The van der Waals surface area contributed by atoms with Gasteiger partial charge in [-0.05, 0) is 44.2 Å². The van der Waals surface area contributed by atoms with Crippen molar-refractivity contribution in [2.24, 2.45) is 5.73 Å². The van der Waals surface area contributed by atoms with Crippen molar-refractivity contribution in [2.75, 3.05) is 7.11 Å². The Bertz CT molecular complexity index is 367. The van der Waals surface area contributed by atoms with Crippen LogP contribution < -0.4 is 5.73 Å². The molecule has 3 nitrogen and oxygen atoms in total. The van der Waals surface area contributed by atoms with Gasteiger partial charge in [-0.15, -0.1) is 0 Å². The van der Waals surface area contributed by atoms with Crippen LogP contribution in [-0.4, -0.2) is 24.2 Å². The Kier molecular flexibility index (Phi) is 4.13. The van der Waals surface area contributed by atoms with Crippen LogP contribution >= 0.6 is 0 Å². The summed E-state index contributed by atoms with van der Waals surface area (Å²) in [5.41, 5.74) is 8.92. The van der Waals surface area contributed by atoms with E-state index in [4.69, 9.17) is 10.5 Å². The van der Waals surface area contributed by atoms with Crippen molar-refractivity contribution in [1.82, 2.24) is 4.98 Å². The number of hydrogen-bond acceptors (Lipinski definition) is 3.